The van der Waals surface area contributed by atoms with Crippen LogP contribution in [0.1, 0.15) is 10.6 Å². The van der Waals surface area contributed by atoms with Crippen molar-refractivity contribution in [2.24, 2.45) is 5.73 Å². The summed E-state index contributed by atoms with van der Waals surface area (Å²) in [6.45, 7) is 1.57. The number of nitrogens with two attached hydrogens (primary N) is 1. The van der Waals surface area contributed by atoms with E-state index in [0.717, 1.165) is 18.7 Å². The third-order valence-corrected chi connectivity index (χ3v) is 2.87. The summed E-state index contributed by atoms with van der Waals surface area (Å²) in [5.41, 5.74) is 6.53. The molecule has 0 saturated heterocycles. The van der Waals surface area contributed by atoms with Gasteiger partial charge in [-0.05, 0) is 18.0 Å². The molecule has 4 heteroatoms. The summed E-state index contributed by atoms with van der Waals surface area (Å²) in [5.74, 6) is 0. The van der Waals surface area contributed by atoms with Gasteiger partial charge in [-0.3, -0.25) is 0 Å². The highest BCUT2D eigenvalue weighted by atomic mass is 32.1. The average Bonchev–Trinajstić information content (AvgIpc) is 2.79. The van der Waals surface area contributed by atoms with E-state index in [9.17, 15) is 0 Å². The van der Waals surface area contributed by atoms with E-state index in [1.54, 1.807) is 11.3 Å². The van der Waals surface area contributed by atoms with E-state index in [1.165, 1.54) is 4.88 Å². The van der Waals surface area contributed by atoms with Crippen LogP contribution in [0.4, 0.5) is 0 Å². The van der Waals surface area contributed by atoms with Crippen LogP contribution in [0.25, 0.3) is 0 Å². The molecule has 0 aliphatic carbocycles. The Hall–Kier alpha value is -1.13. The molecule has 0 saturated carbocycles. The van der Waals surface area contributed by atoms with Crippen LogP contribution in [-0.2, 0) is 13.0 Å². The molecule has 0 unspecified atom stereocenters. The normalized spacial score (nSPS) is 10.6. The Labute approximate surface area is 87.2 Å². The maximum absolute atomic E-state index is 5.46. The number of thiophene rings is 1. The fourth-order valence-corrected chi connectivity index (χ4v) is 2.07. The zero-order valence-corrected chi connectivity index (χ0v) is 8.70. The van der Waals surface area contributed by atoms with E-state index in [0.29, 0.717) is 6.54 Å². The molecule has 0 radical (unpaired) electrons. The van der Waals surface area contributed by atoms with Crippen LogP contribution < -0.4 is 5.73 Å². The third-order valence-electron chi connectivity index (χ3n) is 2.01. The highest BCUT2D eigenvalue weighted by molar-refractivity contribution is 7.09. The van der Waals surface area contributed by atoms with Gasteiger partial charge in [-0.1, -0.05) is 6.07 Å². The van der Waals surface area contributed by atoms with Crippen LogP contribution in [0.2, 0.25) is 0 Å². The first-order valence-corrected chi connectivity index (χ1v) is 5.49. The zero-order valence-electron chi connectivity index (χ0n) is 7.89. The van der Waals surface area contributed by atoms with Crippen molar-refractivity contribution in [3.8, 4) is 0 Å². The lowest BCUT2D eigenvalue weighted by Gasteiger charge is -1.97. The van der Waals surface area contributed by atoms with Gasteiger partial charge in [0.05, 0.1) is 18.6 Å². The van der Waals surface area contributed by atoms with Gasteiger partial charge in [0.25, 0.3) is 0 Å². The Balaban J connectivity index is 2.03. The van der Waals surface area contributed by atoms with Gasteiger partial charge in [0, 0.05) is 17.5 Å². The lowest BCUT2D eigenvalue weighted by molar-refractivity contribution is 0.808. The van der Waals surface area contributed by atoms with Crippen molar-refractivity contribution in [1.82, 2.24) is 9.55 Å². The molecule has 0 spiro atoms. The second-order valence-electron chi connectivity index (χ2n) is 3.16. The molecule has 0 amide bonds. The fraction of sp³-hybridized carbons (Fsp3) is 0.300. The average molecular weight is 207 g/mol. The van der Waals surface area contributed by atoms with Crippen molar-refractivity contribution < 1.29 is 0 Å². The van der Waals surface area contributed by atoms with Gasteiger partial charge in [0.2, 0.25) is 0 Å². The zero-order chi connectivity index (χ0) is 9.80. The van der Waals surface area contributed by atoms with Crippen molar-refractivity contribution in [1.29, 1.82) is 0 Å². The molecule has 0 aliphatic rings. The molecule has 3 nitrogen and oxygen atoms in total. The first kappa shape index (κ1) is 9.43. The maximum Gasteiger partial charge on any atom is 0.0952 e. The van der Waals surface area contributed by atoms with Gasteiger partial charge in [0.1, 0.15) is 0 Å². The molecule has 74 valence electrons. The Morgan fingerprint density at radius 3 is 3.14 bits per heavy atom. The molecule has 0 bridgehead atoms. The Kier molecular flexibility index (Phi) is 2.96. The summed E-state index contributed by atoms with van der Waals surface area (Å²) in [6, 6.07) is 4.20. The van der Waals surface area contributed by atoms with Crippen molar-refractivity contribution in [3.63, 3.8) is 0 Å². The quantitative estimate of drug-likeness (QED) is 0.825. The number of hydrogen-bond acceptors (Lipinski definition) is 3. The summed E-state index contributed by atoms with van der Waals surface area (Å²) in [7, 11) is 0. The molecule has 14 heavy (non-hydrogen) atoms. The molecule has 0 fully saturated rings. The molecule has 0 aromatic carbocycles. The first-order chi connectivity index (χ1) is 6.88. The minimum Gasteiger partial charge on any atom is -0.332 e. The molecule has 2 N–H and O–H groups in total. The molecule has 2 rings (SSSR count). The van der Waals surface area contributed by atoms with Crippen LogP contribution in [0.3, 0.4) is 0 Å². The summed E-state index contributed by atoms with van der Waals surface area (Å²) in [5, 5.41) is 2.09. The van der Waals surface area contributed by atoms with Crippen LogP contribution in [0, 0.1) is 0 Å². The minimum atomic E-state index is 0.663. The molecule has 2 aromatic heterocycles. The fourth-order valence-electron chi connectivity index (χ4n) is 1.35. The largest absolute Gasteiger partial charge is 0.332 e. The standard InChI is InChI=1S/C10H13N3S/c11-4-3-9-6-13(8-12-9)7-10-2-1-5-14-10/h1-2,5-6,8H,3-4,7,11H2. The molecular weight excluding hydrogens is 194 g/mol. The Morgan fingerprint density at radius 2 is 2.43 bits per heavy atom. The van der Waals surface area contributed by atoms with Crippen molar-refractivity contribution in [2.75, 3.05) is 6.54 Å². The van der Waals surface area contributed by atoms with E-state index in [2.05, 4.69) is 33.3 Å². The van der Waals surface area contributed by atoms with E-state index in [1.807, 2.05) is 6.33 Å². The Bertz CT molecular complexity index is 378. The minimum absolute atomic E-state index is 0.663. The summed E-state index contributed by atoms with van der Waals surface area (Å²) in [6.07, 6.45) is 4.79. The lowest BCUT2D eigenvalue weighted by Crippen LogP contribution is -2.02. The van der Waals surface area contributed by atoms with Crippen molar-refractivity contribution in [3.05, 3.63) is 40.6 Å². The van der Waals surface area contributed by atoms with E-state index >= 15 is 0 Å². The third kappa shape index (κ3) is 2.21. The van der Waals surface area contributed by atoms with Crippen molar-refractivity contribution >= 4 is 11.3 Å². The van der Waals surface area contributed by atoms with Gasteiger partial charge < -0.3 is 10.3 Å². The van der Waals surface area contributed by atoms with Gasteiger partial charge in [0.15, 0.2) is 0 Å². The summed E-state index contributed by atoms with van der Waals surface area (Å²) in [4.78, 5) is 5.62. The second-order valence-corrected chi connectivity index (χ2v) is 4.19. The van der Waals surface area contributed by atoms with Gasteiger partial charge in [-0.15, -0.1) is 11.3 Å². The van der Waals surface area contributed by atoms with Crippen LogP contribution in [0.15, 0.2) is 30.0 Å². The molecule has 0 aliphatic heterocycles. The maximum atomic E-state index is 5.46. The van der Waals surface area contributed by atoms with E-state index in [-0.39, 0.29) is 0 Å². The lowest BCUT2D eigenvalue weighted by atomic mass is 10.3. The Morgan fingerprint density at radius 1 is 1.50 bits per heavy atom. The van der Waals surface area contributed by atoms with Crippen LogP contribution in [0.5, 0.6) is 0 Å². The highest BCUT2D eigenvalue weighted by Gasteiger charge is 1.99. The molecule has 0 atom stereocenters. The first-order valence-electron chi connectivity index (χ1n) is 4.61. The predicted octanol–water partition coefficient (Wildman–Crippen LogP) is 1.49. The van der Waals surface area contributed by atoms with Crippen LogP contribution in [-0.4, -0.2) is 16.1 Å². The topological polar surface area (TPSA) is 43.8 Å². The van der Waals surface area contributed by atoms with E-state index < -0.39 is 0 Å². The highest BCUT2D eigenvalue weighted by Crippen LogP contribution is 2.10. The van der Waals surface area contributed by atoms with Gasteiger partial charge >= 0.3 is 0 Å². The van der Waals surface area contributed by atoms with Gasteiger partial charge in [-0.2, -0.15) is 0 Å². The smallest absolute Gasteiger partial charge is 0.0952 e. The summed E-state index contributed by atoms with van der Waals surface area (Å²) >= 11 is 1.77. The summed E-state index contributed by atoms with van der Waals surface area (Å²) < 4.78 is 2.09. The number of imidazole rings is 1. The number of hydrogen-bond donors (Lipinski definition) is 1. The SMILES string of the molecule is NCCc1cn(Cc2cccs2)cn1. The predicted molar refractivity (Wildman–Crippen MR) is 58.4 cm³/mol. The second kappa shape index (κ2) is 4.39. The number of nitrogens with zero attached hydrogens (tertiary/aromatic N) is 2. The number of rotatable bonds is 4. The molecule has 2 heterocycles. The monoisotopic (exact) mass is 207 g/mol. The molecule has 2 aromatic rings. The van der Waals surface area contributed by atoms with Crippen molar-refractivity contribution in [2.45, 2.75) is 13.0 Å². The molecular formula is C10H13N3S. The van der Waals surface area contributed by atoms with Crippen LogP contribution >= 0.6 is 11.3 Å². The van der Waals surface area contributed by atoms with E-state index in [4.69, 9.17) is 5.73 Å². The number of aromatic nitrogens is 2. The van der Waals surface area contributed by atoms with Gasteiger partial charge in [-0.25, -0.2) is 4.98 Å².